The number of carbonyl (C=O) groups is 1. The molecule has 0 aromatic carbocycles. The molecule has 0 aliphatic carbocycles. The summed E-state index contributed by atoms with van der Waals surface area (Å²) in [5.41, 5.74) is -0.233. The number of halogens is 3. The first-order valence-corrected chi connectivity index (χ1v) is 10.8. The standard InChI is InChI=1S/C18H17F3N4O4S/c1-30(27,28)23-14-8-24(9-14)16(26)5-13-7-25-6-12(11-2-3-29-10-11)4-15(17(25)22-13)18(19,20)21/h2-4,6-7,10,14,23H,5,8-9H2,1H3. The molecule has 1 N–H and O–H groups in total. The molecule has 0 saturated carbocycles. The lowest BCUT2D eigenvalue weighted by Gasteiger charge is -2.39. The number of alkyl halides is 3. The van der Waals surface area contributed by atoms with E-state index in [1.165, 1.54) is 34.2 Å². The monoisotopic (exact) mass is 442 g/mol. The molecule has 0 radical (unpaired) electrons. The molecule has 12 heteroatoms. The van der Waals surface area contributed by atoms with Crippen LogP contribution in [0.1, 0.15) is 11.3 Å². The molecular weight excluding hydrogens is 425 g/mol. The Bertz CT molecular complexity index is 1200. The first kappa shape index (κ1) is 20.4. The van der Waals surface area contributed by atoms with Crippen molar-refractivity contribution in [1.82, 2.24) is 19.0 Å². The molecule has 3 aromatic heterocycles. The molecule has 1 aliphatic rings. The molecule has 0 bridgehead atoms. The number of fused-ring (bicyclic) bond motifs is 1. The summed E-state index contributed by atoms with van der Waals surface area (Å²) in [4.78, 5) is 17.8. The number of carbonyl (C=O) groups excluding carboxylic acids is 1. The van der Waals surface area contributed by atoms with Crippen LogP contribution < -0.4 is 4.72 Å². The van der Waals surface area contributed by atoms with Gasteiger partial charge in [0.2, 0.25) is 15.9 Å². The Balaban J connectivity index is 1.57. The summed E-state index contributed by atoms with van der Waals surface area (Å²) in [5, 5.41) is 0. The van der Waals surface area contributed by atoms with Gasteiger partial charge in [0, 0.05) is 36.6 Å². The first-order chi connectivity index (χ1) is 14.0. The SMILES string of the molecule is CS(=O)(=O)NC1CN(C(=O)Cc2cn3cc(-c4ccoc4)cc(C(F)(F)F)c3n2)C1. The summed E-state index contributed by atoms with van der Waals surface area (Å²) < 4.78 is 71.7. The molecule has 4 rings (SSSR count). The number of imidazole rings is 1. The van der Waals surface area contributed by atoms with Crippen LogP contribution in [-0.4, -0.2) is 54.0 Å². The third-order valence-corrected chi connectivity index (χ3v) is 5.47. The lowest BCUT2D eigenvalue weighted by atomic mass is 10.1. The zero-order chi connectivity index (χ0) is 21.7. The molecule has 1 aliphatic heterocycles. The number of rotatable bonds is 5. The molecule has 4 heterocycles. The minimum atomic E-state index is -4.63. The van der Waals surface area contributed by atoms with Gasteiger partial charge in [-0.25, -0.2) is 18.1 Å². The normalized spacial score (nSPS) is 15.5. The van der Waals surface area contributed by atoms with Crippen LogP contribution >= 0.6 is 0 Å². The van der Waals surface area contributed by atoms with Crippen molar-refractivity contribution in [2.75, 3.05) is 19.3 Å². The zero-order valence-electron chi connectivity index (χ0n) is 15.7. The number of furan rings is 1. The Kier molecular flexibility index (Phi) is 4.85. The quantitative estimate of drug-likeness (QED) is 0.651. The fourth-order valence-corrected chi connectivity index (χ4v) is 4.11. The Labute approximate surface area is 169 Å². The highest BCUT2D eigenvalue weighted by Crippen LogP contribution is 2.35. The van der Waals surface area contributed by atoms with Crippen molar-refractivity contribution < 1.29 is 30.8 Å². The van der Waals surface area contributed by atoms with Gasteiger partial charge in [-0.15, -0.1) is 0 Å². The summed E-state index contributed by atoms with van der Waals surface area (Å²) in [6.07, 6.45) is 1.80. The van der Waals surface area contributed by atoms with E-state index in [2.05, 4.69) is 9.71 Å². The maximum atomic E-state index is 13.6. The van der Waals surface area contributed by atoms with E-state index in [0.29, 0.717) is 11.1 Å². The van der Waals surface area contributed by atoms with Crippen molar-refractivity contribution in [3.63, 3.8) is 0 Å². The highest BCUT2D eigenvalue weighted by Gasteiger charge is 2.36. The van der Waals surface area contributed by atoms with E-state index in [-0.39, 0.29) is 42.8 Å². The number of pyridine rings is 1. The van der Waals surface area contributed by atoms with E-state index >= 15 is 0 Å². The fourth-order valence-electron chi connectivity index (χ4n) is 3.36. The number of sulfonamides is 1. The predicted molar refractivity (Wildman–Crippen MR) is 99.9 cm³/mol. The number of amides is 1. The smallest absolute Gasteiger partial charge is 0.420 e. The maximum absolute atomic E-state index is 13.6. The van der Waals surface area contributed by atoms with Crippen molar-refractivity contribution in [3.8, 4) is 11.1 Å². The third kappa shape index (κ3) is 4.19. The average Bonchev–Trinajstić information content (AvgIpc) is 3.23. The van der Waals surface area contributed by atoms with E-state index in [4.69, 9.17) is 4.42 Å². The van der Waals surface area contributed by atoms with Gasteiger partial charge >= 0.3 is 6.18 Å². The zero-order valence-corrected chi connectivity index (χ0v) is 16.5. The Hall–Kier alpha value is -2.86. The van der Waals surface area contributed by atoms with Crippen LogP contribution in [0.5, 0.6) is 0 Å². The summed E-state index contributed by atoms with van der Waals surface area (Å²) >= 11 is 0. The topological polar surface area (TPSA) is 96.9 Å². The third-order valence-electron chi connectivity index (χ3n) is 4.71. The fraction of sp³-hybridized carbons (Fsp3) is 0.333. The molecule has 160 valence electrons. The number of hydrogen-bond acceptors (Lipinski definition) is 5. The van der Waals surface area contributed by atoms with Crippen LogP contribution in [0, 0.1) is 0 Å². The number of nitrogens with zero attached hydrogens (tertiary/aromatic N) is 3. The minimum absolute atomic E-state index is 0.189. The second-order valence-electron chi connectivity index (χ2n) is 7.18. The van der Waals surface area contributed by atoms with Crippen molar-refractivity contribution in [3.05, 3.63) is 48.3 Å². The van der Waals surface area contributed by atoms with Crippen LogP contribution in [-0.2, 0) is 27.4 Å². The van der Waals surface area contributed by atoms with Gasteiger partial charge in [0.05, 0.1) is 42.5 Å². The van der Waals surface area contributed by atoms with Gasteiger partial charge in [-0.1, -0.05) is 0 Å². The Morgan fingerprint density at radius 2 is 2.03 bits per heavy atom. The van der Waals surface area contributed by atoms with Crippen LogP contribution in [0.3, 0.4) is 0 Å². The molecule has 1 saturated heterocycles. The highest BCUT2D eigenvalue weighted by atomic mass is 32.2. The van der Waals surface area contributed by atoms with Gasteiger partial charge in [-0.3, -0.25) is 4.79 Å². The molecule has 30 heavy (non-hydrogen) atoms. The Morgan fingerprint density at radius 3 is 2.63 bits per heavy atom. The lowest BCUT2D eigenvalue weighted by Crippen LogP contribution is -2.61. The molecule has 3 aromatic rings. The molecule has 8 nitrogen and oxygen atoms in total. The number of aromatic nitrogens is 2. The van der Waals surface area contributed by atoms with Crippen LogP contribution in [0.4, 0.5) is 13.2 Å². The molecule has 0 atom stereocenters. The number of nitrogens with one attached hydrogen (secondary N) is 1. The van der Waals surface area contributed by atoms with E-state index in [9.17, 15) is 26.4 Å². The second-order valence-corrected chi connectivity index (χ2v) is 8.96. The second kappa shape index (κ2) is 7.13. The number of likely N-dealkylation sites (tertiary alicyclic amines) is 1. The molecule has 0 spiro atoms. The predicted octanol–water partition coefficient (Wildman–Crippen LogP) is 1.92. The van der Waals surface area contributed by atoms with Crippen molar-refractivity contribution in [2.24, 2.45) is 0 Å². The summed E-state index contributed by atoms with van der Waals surface area (Å²) in [7, 11) is -3.37. The summed E-state index contributed by atoms with van der Waals surface area (Å²) in [6, 6.07) is 2.18. The van der Waals surface area contributed by atoms with Crippen LogP contribution in [0.2, 0.25) is 0 Å². The van der Waals surface area contributed by atoms with Gasteiger partial charge in [0.15, 0.2) is 0 Å². The Morgan fingerprint density at radius 1 is 1.30 bits per heavy atom. The average molecular weight is 442 g/mol. The number of hydrogen-bond donors (Lipinski definition) is 1. The van der Waals surface area contributed by atoms with Gasteiger partial charge in [0.25, 0.3) is 0 Å². The van der Waals surface area contributed by atoms with Crippen molar-refractivity contribution >= 4 is 21.6 Å². The van der Waals surface area contributed by atoms with Gasteiger partial charge in [0.1, 0.15) is 5.65 Å². The van der Waals surface area contributed by atoms with Crippen LogP contribution in [0.25, 0.3) is 16.8 Å². The molecule has 1 fully saturated rings. The minimum Gasteiger partial charge on any atom is -0.472 e. The van der Waals surface area contributed by atoms with Gasteiger partial charge in [-0.05, 0) is 12.1 Å². The van der Waals surface area contributed by atoms with Crippen molar-refractivity contribution in [1.29, 1.82) is 0 Å². The van der Waals surface area contributed by atoms with Crippen LogP contribution in [0.15, 0.2) is 41.5 Å². The van der Waals surface area contributed by atoms with Crippen molar-refractivity contribution in [2.45, 2.75) is 18.6 Å². The van der Waals surface area contributed by atoms with Gasteiger partial charge in [-0.2, -0.15) is 13.2 Å². The van der Waals surface area contributed by atoms with E-state index in [1.807, 2.05) is 0 Å². The molecule has 1 amide bonds. The highest BCUT2D eigenvalue weighted by molar-refractivity contribution is 7.88. The maximum Gasteiger partial charge on any atom is 0.420 e. The van der Waals surface area contributed by atoms with E-state index in [1.54, 1.807) is 6.07 Å². The molecule has 0 unspecified atom stereocenters. The summed E-state index contributed by atoms with van der Waals surface area (Å²) in [6.45, 7) is 0.412. The summed E-state index contributed by atoms with van der Waals surface area (Å²) in [5.74, 6) is -0.339. The van der Waals surface area contributed by atoms with E-state index < -0.39 is 21.8 Å². The molecular formula is C18H17F3N4O4S. The lowest BCUT2D eigenvalue weighted by molar-refractivity contribution is -0.136. The largest absolute Gasteiger partial charge is 0.472 e. The van der Waals surface area contributed by atoms with Gasteiger partial charge < -0.3 is 13.7 Å². The van der Waals surface area contributed by atoms with E-state index in [0.717, 1.165) is 12.3 Å². The first-order valence-electron chi connectivity index (χ1n) is 8.86.